The van der Waals surface area contributed by atoms with Gasteiger partial charge in [-0.15, -0.1) is 23.1 Å². The molecule has 0 fully saturated rings. The second-order valence-electron chi connectivity index (χ2n) is 5.09. The molecular weight excluding hydrogens is 409 g/mol. The van der Waals surface area contributed by atoms with E-state index in [9.17, 15) is 22.8 Å². The van der Waals surface area contributed by atoms with Crippen LogP contribution in [0, 0.1) is 0 Å². The summed E-state index contributed by atoms with van der Waals surface area (Å²) >= 11 is 2.67. The Hall–Kier alpha value is -2.38. The van der Waals surface area contributed by atoms with Crippen molar-refractivity contribution >= 4 is 50.2 Å². The Morgan fingerprint density at radius 2 is 2.11 bits per heavy atom. The molecule has 1 aromatic heterocycles. The van der Waals surface area contributed by atoms with Gasteiger partial charge in [-0.1, -0.05) is 5.59 Å². The first-order chi connectivity index (χ1) is 12.8. The zero-order valence-corrected chi connectivity index (χ0v) is 15.1. The average molecular weight is 420 g/mol. The molecule has 0 aliphatic carbocycles. The number of nitrogens with one attached hydrogen (secondary N) is 2. The van der Waals surface area contributed by atoms with Crippen LogP contribution in [0.5, 0.6) is 5.75 Å². The normalized spacial score (nSPS) is 16.9. The van der Waals surface area contributed by atoms with Gasteiger partial charge in [-0.2, -0.15) is 13.2 Å². The summed E-state index contributed by atoms with van der Waals surface area (Å²) in [5.74, 6) is -2.25. The minimum absolute atomic E-state index is 0.273. The van der Waals surface area contributed by atoms with Crippen LogP contribution in [0.15, 0.2) is 23.2 Å². The minimum atomic E-state index is -5.16. The molecule has 1 aliphatic rings. The van der Waals surface area contributed by atoms with Gasteiger partial charge in [-0.25, -0.2) is 9.78 Å². The fraction of sp³-hybridized carbons (Fsp3) is 0.286. The number of thiazole rings is 1. The van der Waals surface area contributed by atoms with Crippen LogP contribution in [0.3, 0.4) is 0 Å². The Bertz CT molecular complexity index is 915. The number of fused-ring (bicyclic) bond motifs is 1. The predicted molar refractivity (Wildman–Crippen MR) is 92.4 cm³/mol. The summed E-state index contributed by atoms with van der Waals surface area (Å²) in [5, 5.41) is 1.16. The molecule has 0 unspecified atom stereocenters. The number of halogens is 3. The highest BCUT2D eigenvalue weighted by Gasteiger charge is 2.41. The molecule has 1 aromatic carbocycles. The van der Waals surface area contributed by atoms with Crippen LogP contribution in [0.4, 0.5) is 13.2 Å². The quantitative estimate of drug-likeness (QED) is 0.712. The van der Waals surface area contributed by atoms with E-state index in [0.29, 0.717) is 15.8 Å². The van der Waals surface area contributed by atoms with Crippen molar-refractivity contribution in [1.82, 2.24) is 16.0 Å². The molecule has 2 N–H and O–H groups in total. The Morgan fingerprint density at radius 3 is 2.81 bits per heavy atom. The highest BCUT2D eigenvalue weighted by molar-refractivity contribution is 8.15. The van der Waals surface area contributed by atoms with E-state index in [2.05, 4.69) is 14.8 Å². The summed E-state index contributed by atoms with van der Waals surface area (Å²) in [6.07, 6.45) is -5.16. The lowest BCUT2D eigenvalue weighted by atomic mass is 10.3. The van der Waals surface area contributed by atoms with Crippen molar-refractivity contribution < 1.29 is 32.3 Å². The highest BCUT2D eigenvalue weighted by atomic mass is 32.2. The molecule has 27 heavy (non-hydrogen) atoms. The standard InChI is InChI=1S/C14H11F3N4O4S2/c1-24-6-2-3-7-9(4-6)27-12(18-7)11-19-8(5-26-11)10(22)20-21-25-13(23)14(15,16)17/h2-4,8,21H,5H2,1H3,(H,20,22)/t8-/m1/s1. The lowest BCUT2D eigenvalue weighted by Gasteiger charge is -2.10. The molecule has 8 nitrogen and oxygen atoms in total. The van der Waals surface area contributed by atoms with Gasteiger partial charge in [0.15, 0.2) is 0 Å². The van der Waals surface area contributed by atoms with Gasteiger partial charge in [0.2, 0.25) is 0 Å². The maximum atomic E-state index is 12.0. The molecule has 1 amide bonds. The molecule has 2 aromatic rings. The second-order valence-corrected chi connectivity index (χ2v) is 7.13. The topological polar surface area (TPSA) is 102 Å². The van der Waals surface area contributed by atoms with E-state index in [1.807, 2.05) is 11.5 Å². The van der Waals surface area contributed by atoms with E-state index in [1.165, 1.54) is 28.7 Å². The molecule has 0 radical (unpaired) electrons. The van der Waals surface area contributed by atoms with Crippen molar-refractivity contribution in [3.8, 4) is 5.75 Å². The SMILES string of the molecule is COc1ccc2nc(C3=N[C@@H](C(=O)NNOC(=O)C(F)(F)F)CS3)sc2c1. The maximum Gasteiger partial charge on any atom is 0.492 e. The van der Waals surface area contributed by atoms with Crippen molar-refractivity contribution in [3.05, 3.63) is 23.2 Å². The van der Waals surface area contributed by atoms with E-state index in [4.69, 9.17) is 4.74 Å². The van der Waals surface area contributed by atoms with Gasteiger partial charge in [0, 0.05) is 5.75 Å². The molecule has 0 saturated heterocycles. The number of nitrogens with zero attached hydrogens (tertiary/aromatic N) is 2. The van der Waals surface area contributed by atoms with E-state index >= 15 is 0 Å². The monoisotopic (exact) mass is 420 g/mol. The first kappa shape index (κ1) is 19.4. The number of thioether (sulfide) groups is 1. The van der Waals surface area contributed by atoms with Gasteiger partial charge in [0.1, 0.15) is 21.8 Å². The van der Waals surface area contributed by atoms with E-state index < -0.39 is 24.1 Å². The van der Waals surface area contributed by atoms with Gasteiger partial charge in [-0.05, 0) is 18.2 Å². The van der Waals surface area contributed by atoms with Crippen LogP contribution in [-0.2, 0) is 14.4 Å². The molecule has 0 bridgehead atoms. The number of ether oxygens (including phenoxy) is 1. The zero-order chi connectivity index (χ0) is 19.6. The lowest BCUT2D eigenvalue weighted by molar-refractivity contribution is -0.209. The number of carbonyl (C=O) groups excluding carboxylic acids is 2. The second kappa shape index (κ2) is 7.70. The van der Waals surface area contributed by atoms with E-state index in [1.54, 1.807) is 19.2 Å². The maximum absolute atomic E-state index is 12.0. The zero-order valence-electron chi connectivity index (χ0n) is 13.5. The number of carbonyl (C=O) groups is 2. The molecule has 13 heteroatoms. The van der Waals surface area contributed by atoms with Crippen molar-refractivity contribution in [2.75, 3.05) is 12.9 Å². The van der Waals surface area contributed by atoms with Crippen LogP contribution >= 0.6 is 23.1 Å². The van der Waals surface area contributed by atoms with E-state index in [0.717, 1.165) is 10.2 Å². The van der Waals surface area contributed by atoms with Crippen LogP contribution in [-0.4, -0.2) is 47.0 Å². The first-order valence-electron chi connectivity index (χ1n) is 7.26. The third kappa shape index (κ3) is 4.48. The largest absolute Gasteiger partial charge is 0.497 e. The van der Waals surface area contributed by atoms with Crippen LogP contribution < -0.4 is 15.8 Å². The Balaban J connectivity index is 1.62. The summed E-state index contributed by atoms with van der Waals surface area (Å²) in [6.45, 7) is 0. The molecule has 0 spiro atoms. The van der Waals surface area contributed by atoms with Gasteiger partial charge in [0.25, 0.3) is 5.91 Å². The van der Waals surface area contributed by atoms with Gasteiger partial charge in [-0.3, -0.25) is 15.2 Å². The van der Waals surface area contributed by atoms with Gasteiger partial charge < -0.3 is 9.57 Å². The molecule has 3 rings (SSSR count). The Morgan fingerprint density at radius 1 is 1.33 bits per heavy atom. The molecule has 1 atom stereocenters. The summed E-state index contributed by atoms with van der Waals surface area (Å²) < 4.78 is 42.0. The number of hydrogen-bond acceptors (Lipinski definition) is 9. The Kier molecular flexibility index (Phi) is 5.53. The van der Waals surface area contributed by atoms with Crippen LogP contribution in [0.1, 0.15) is 5.01 Å². The minimum Gasteiger partial charge on any atom is -0.497 e. The number of aliphatic imine (C=N–C) groups is 1. The van der Waals surface area contributed by atoms with Crippen molar-refractivity contribution in [1.29, 1.82) is 0 Å². The lowest BCUT2D eigenvalue weighted by Crippen LogP contribution is -2.45. The van der Waals surface area contributed by atoms with Crippen LogP contribution in [0.2, 0.25) is 0 Å². The molecule has 1 aliphatic heterocycles. The number of rotatable bonds is 5. The summed E-state index contributed by atoms with van der Waals surface area (Å²) in [5.41, 5.74) is 4.10. The Labute approximate surface area is 158 Å². The smallest absolute Gasteiger partial charge is 0.492 e. The fourth-order valence-electron chi connectivity index (χ4n) is 2.01. The van der Waals surface area contributed by atoms with Crippen LogP contribution in [0.25, 0.3) is 10.2 Å². The van der Waals surface area contributed by atoms with Crippen molar-refractivity contribution in [2.24, 2.45) is 4.99 Å². The first-order valence-corrected chi connectivity index (χ1v) is 9.06. The summed E-state index contributed by atoms with van der Waals surface area (Å²) in [7, 11) is 1.56. The molecule has 2 heterocycles. The van der Waals surface area contributed by atoms with Crippen molar-refractivity contribution in [3.63, 3.8) is 0 Å². The third-order valence-electron chi connectivity index (χ3n) is 3.28. The molecular formula is C14H11F3N4O4S2. The highest BCUT2D eigenvalue weighted by Crippen LogP contribution is 2.31. The van der Waals surface area contributed by atoms with Crippen molar-refractivity contribution in [2.45, 2.75) is 12.2 Å². The molecule has 144 valence electrons. The summed E-state index contributed by atoms with van der Waals surface area (Å²) in [4.78, 5) is 34.8. The number of methoxy groups -OCH3 is 1. The van der Waals surface area contributed by atoms with E-state index in [-0.39, 0.29) is 5.75 Å². The van der Waals surface area contributed by atoms with Gasteiger partial charge >= 0.3 is 12.1 Å². The average Bonchev–Trinajstić information content (AvgIpc) is 3.26. The van der Waals surface area contributed by atoms with Gasteiger partial charge in [0.05, 0.1) is 17.3 Å². The number of alkyl halides is 3. The number of aromatic nitrogens is 1. The number of benzene rings is 1. The number of amides is 1. The third-order valence-corrected chi connectivity index (χ3v) is 5.49. The fourth-order valence-corrected chi connectivity index (χ4v) is 4.11. The number of hydrogen-bond donors (Lipinski definition) is 2. The molecule has 0 saturated carbocycles. The summed E-state index contributed by atoms with van der Waals surface area (Å²) in [6, 6.07) is 4.56. The number of hydrazine groups is 1. The predicted octanol–water partition coefficient (Wildman–Crippen LogP) is 1.81.